The lowest BCUT2D eigenvalue weighted by molar-refractivity contribution is 0.463. The molecule has 0 bridgehead atoms. The first-order valence-electron chi connectivity index (χ1n) is 7.62. The van der Waals surface area contributed by atoms with Gasteiger partial charge in [0.05, 0.1) is 6.54 Å². The van der Waals surface area contributed by atoms with Crippen molar-refractivity contribution in [2.75, 3.05) is 20.6 Å². The van der Waals surface area contributed by atoms with E-state index in [0.29, 0.717) is 6.54 Å². The summed E-state index contributed by atoms with van der Waals surface area (Å²) in [5.74, 6) is 1.73. The van der Waals surface area contributed by atoms with Crippen molar-refractivity contribution >= 4 is 5.96 Å². The first kappa shape index (κ1) is 16.0. The molecule has 0 saturated carbocycles. The van der Waals surface area contributed by atoms with Crippen molar-refractivity contribution in [1.82, 2.24) is 25.0 Å². The zero-order valence-electron chi connectivity index (χ0n) is 13.5. The van der Waals surface area contributed by atoms with Crippen molar-refractivity contribution in [3.05, 3.63) is 42.5 Å². The van der Waals surface area contributed by atoms with Crippen LogP contribution in [-0.4, -0.2) is 46.3 Å². The standard InChI is InChI=1S/C16H24N6/c1-4-5-11-21(3)16(17-2)18-12-15-20-19-13-22(15)14-9-7-6-8-10-14/h6-10,13H,4-5,11-12H2,1-3H3,(H,17,18). The Morgan fingerprint density at radius 2 is 2.09 bits per heavy atom. The van der Waals surface area contributed by atoms with Gasteiger partial charge in [0.15, 0.2) is 11.8 Å². The van der Waals surface area contributed by atoms with Crippen LogP contribution in [0.15, 0.2) is 41.7 Å². The lowest BCUT2D eigenvalue weighted by Gasteiger charge is -2.21. The second kappa shape index (κ2) is 8.17. The van der Waals surface area contributed by atoms with Gasteiger partial charge in [0, 0.05) is 26.3 Å². The molecule has 0 spiro atoms. The molecule has 0 atom stereocenters. The van der Waals surface area contributed by atoms with Crippen LogP contribution in [0, 0.1) is 0 Å². The molecule has 0 unspecified atom stereocenters. The maximum Gasteiger partial charge on any atom is 0.193 e. The van der Waals surface area contributed by atoms with Crippen LogP contribution in [0.1, 0.15) is 25.6 Å². The Morgan fingerprint density at radius 3 is 2.77 bits per heavy atom. The molecule has 0 fully saturated rings. The van der Waals surface area contributed by atoms with Crippen molar-refractivity contribution in [3.8, 4) is 5.69 Å². The summed E-state index contributed by atoms with van der Waals surface area (Å²) in [6, 6.07) is 10.1. The highest BCUT2D eigenvalue weighted by Gasteiger charge is 2.09. The maximum absolute atomic E-state index is 4.32. The Hall–Kier alpha value is -2.37. The second-order valence-electron chi connectivity index (χ2n) is 5.13. The molecule has 1 heterocycles. The average Bonchev–Trinajstić information content (AvgIpc) is 3.02. The molecule has 2 aromatic rings. The van der Waals surface area contributed by atoms with Gasteiger partial charge < -0.3 is 10.2 Å². The van der Waals surface area contributed by atoms with Gasteiger partial charge in [0.25, 0.3) is 0 Å². The van der Waals surface area contributed by atoms with E-state index < -0.39 is 0 Å². The van der Waals surface area contributed by atoms with E-state index in [4.69, 9.17) is 0 Å². The van der Waals surface area contributed by atoms with Gasteiger partial charge in [-0.25, -0.2) is 0 Å². The Morgan fingerprint density at radius 1 is 1.32 bits per heavy atom. The van der Waals surface area contributed by atoms with Crippen LogP contribution in [0.5, 0.6) is 0 Å². The van der Waals surface area contributed by atoms with E-state index in [2.05, 4.69) is 32.3 Å². The summed E-state index contributed by atoms with van der Waals surface area (Å²) in [5, 5.41) is 11.6. The summed E-state index contributed by atoms with van der Waals surface area (Å²) < 4.78 is 1.98. The molecule has 118 valence electrons. The molecule has 0 aliphatic carbocycles. The van der Waals surface area contributed by atoms with E-state index >= 15 is 0 Å². The van der Waals surface area contributed by atoms with Gasteiger partial charge in [-0.3, -0.25) is 9.56 Å². The van der Waals surface area contributed by atoms with Gasteiger partial charge >= 0.3 is 0 Å². The normalized spacial score (nSPS) is 11.5. The van der Waals surface area contributed by atoms with Gasteiger partial charge in [-0.15, -0.1) is 10.2 Å². The van der Waals surface area contributed by atoms with Gasteiger partial charge in [-0.1, -0.05) is 31.5 Å². The van der Waals surface area contributed by atoms with E-state index in [1.165, 1.54) is 6.42 Å². The van der Waals surface area contributed by atoms with Crippen LogP contribution < -0.4 is 5.32 Å². The summed E-state index contributed by atoms with van der Waals surface area (Å²) >= 11 is 0. The fraction of sp³-hybridized carbons (Fsp3) is 0.438. The second-order valence-corrected chi connectivity index (χ2v) is 5.13. The molecule has 0 aliphatic heterocycles. The van der Waals surface area contributed by atoms with Crippen LogP contribution in [-0.2, 0) is 6.54 Å². The fourth-order valence-electron chi connectivity index (χ4n) is 2.23. The summed E-state index contributed by atoms with van der Waals surface area (Å²) in [6.07, 6.45) is 4.05. The summed E-state index contributed by atoms with van der Waals surface area (Å²) in [7, 11) is 3.85. The number of para-hydroxylation sites is 1. The zero-order valence-corrected chi connectivity index (χ0v) is 13.5. The number of aromatic nitrogens is 3. The van der Waals surface area contributed by atoms with E-state index in [0.717, 1.165) is 30.4 Å². The number of aliphatic imine (C=N–C) groups is 1. The minimum atomic E-state index is 0.581. The molecular formula is C16H24N6. The molecule has 6 nitrogen and oxygen atoms in total. The molecular weight excluding hydrogens is 276 g/mol. The minimum absolute atomic E-state index is 0.581. The lowest BCUT2D eigenvalue weighted by atomic mass is 10.3. The Bertz CT molecular complexity index is 590. The Kier molecular flexibility index (Phi) is 5.94. The molecule has 2 rings (SSSR count). The smallest absolute Gasteiger partial charge is 0.193 e. The molecule has 1 aromatic heterocycles. The predicted octanol–water partition coefficient (Wildman–Crippen LogP) is 2.07. The number of hydrogen-bond donors (Lipinski definition) is 1. The van der Waals surface area contributed by atoms with Crippen molar-refractivity contribution in [1.29, 1.82) is 0 Å². The van der Waals surface area contributed by atoms with Crippen LogP contribution in [0.4, 0.5) is 0 Å². The fourth-order valence-corrected chi connectivity index (χ4v) is 2.23. The van der Waals surface area contributed by atoms with Crippen LogP contribution in [0.2, 0.25) is 0 Å². The molecule has 0 aliphatic rings. The summed E-state index contributed by atoms with van der Waals surface area (Å²) in [5.41, 5.74) is 1.05. The zero-order chi connectivity index (χ0) is 15.8. The molecule has 22 heavy (non-hydrogen) atoms. The quantitative estimate of drug-likeness (QED) is 0.655. The summed E-state index contributed by atoms with van der Waals surface area (Å²) in [6.45, 7) is 3.76. The highest BCUT2D eigenvalue weighted by Crippen LogP contribution is 2.08. The van der Waals surface area contributed by atoms with Crippen molar-refractivity contribution in [2.45, 2.75) is 26.3 Å². The van der Waals surface area contributed by atoms with E-state index in [9.17, 15) is 0 Å². The monoisotopic (exact) mass is 300 g/mol. The Balaban J connectivity index is 2.02. The highest BCUT2D eigenvalue weighted by atomic mass is 15.3. The van der Waals surface area contributed by atoms with E-state index in [-0.39, 0.29) is 0 Å². The maximum atomic E-state index is 4.32. The first-order chi connectivity index (χ1) is 10.8. The number of unbranched alkanes of at least 4 members (excludes halogenated alkanes) is 1. The predicted molar refractivity (Wildman–Crippen MR) is 89.1 cm³/mol. The third-order valence-electron chi connectivity index (χ3n) is 3.48. The average molecular weight is 300 g/mol. The van der Waals surface area contributed by atoms with Crippen LogP contribution in [0.3, 0.4) is 0 Å². The third kappa shape index (κ3) is 4.07. The van der Waals surface area contributed by atoms with E-state index in [1.54, 1.807) is 13.4 Å². The number of nitrogens with one attached hydrogen (secondary N) is 1. The number of hydrogen-bond acceptors (Lipinski definition) is 3. The van der Waals surface area contributed by atoms with Gasteiger partial charge in [-0.2, -0.15) is 0 Å². The SMILES string of the molecule is CCCCN(C)C(=NC)NCc1nncn1-c1ccccc1. The number of nitrogens with zero attached hydrogens (tertiary/aromatic N) is 5. The molecule has 0 radical (unpaired) electrons. The topological polar surface area (TPSA) is 58.3 Å². The van der Waals surface area contributed by atoms with Crippen LogP contribution in [0.25, 0.3) is 5.69 Å². The molecule has 6 heteroatoms. The van der Waals surface area contributed by atoms with Crippen molar-refractivity contribution in [3.63, 3.8) is 0 Å². The van der Waals surface area contributed by atoms with Gasteiger partial charge in [0.1, 0.15) is 6.33 Å². The Labute approximate surface area is 131 Å². The van der Waals surface area contributed by atoms with Gasteiger partial charge in [-0.05, 0) is 18.6 Å². The van der Waals surface area contributed by atoms with Gasteiger partial charge in [0.2, 0.25) is 0 Å². The van der Waals surface area contributed by atoms with Crippen molar-refractivity contribution in [2.24, 2.45) is 4.99 Å². The summed E-state index contributed by atoms with van der Waals surface area (Å²) in [4.78, 5) is 6.45. The number of rotatable bonds is 6. The number of guanidine groups is 1. The van der Waals surface area contributed by atoms with E-state index in [1.807, 2.05) is 41.9 Å². The van der Waals surface area contributed by atoms with Crippen LogP contribution >= 0.6 is 0 Å². The largest absolute Gasteiger partial charge is 0.349 e. The number of benzene rings is 1. The minimum Gasteiger partial charge on any atom is -0.349 e. The molecule has 1 N–H and O–H groups in total. The van der Waals surface area contributed by atoms with Crippen molar-refractivity contribution < 1.29 is 0 Å². The molecule has 1 aromatic carbocycles. The third-order valence-corrected chi connectivity index (χ3v) is 3.48. The first-order valence-corrected chi connectivity index (χ1v) is 7.62. The molecule has 0 amide bonds. The molecule has 0 saturated heterocycles. The lowest BCUT2D eigenvalue weighted by Crippen LogP contribution is -2.39. The highest BCUT2D eigenvalue weighted by molar-refractivity contribution is 5.79.